The van der Waals surface area contributed by atoms with Crippen molar-refractivity contribution in [2.24, 2.45) is 0 Å². The number of hydrogen-bond donors (Lipinski definition) is 0. The van der Waals surface area contributed by atoms with Crippen LogP contribution in [0.4, 0.5) is 8.78 Å². The van der Waals surface area contributed by atoms with E-state index in [4.69, 9.17) is 0 Å². The number of piperidine rings is 1. The quantitative estimate of drug-likeness (QED) is 0.762. The van der Waals surface area contributed by atoms with Gasteiger partial charge in [-0.1, -0.05) is 0 Å². The molecule has 6 heteroatoms. The zero-order valence-electron chi connectivity index (χ0n) is 8.77. The highest BCUT2D eigenvalue weighted by Crippen LogP contribution is 2.27. The summed E-state index contributed by atoms with van der Waals surface area (Å²) < 4.78 is 27.2. The normalized spacial score (nSPS) is 19.8. The maximum absolute atomic E-state index is 12.9. The molecule has 0 spiro atoms. The van der Waals surface area contributed by atoms with Crippen LogP contribution in [0, 0.1) is 0 Å². The Bertz CT molecular complexity index is 354. The summed E-state index contributed by atoms with van der Waals surface area (Å²) in [5, 5.41) is 3.90. The molecule has 0 atom stereocenters. The van der Waals surface area contributed by atoms with Gasteiger partial charge in [0.2, 0.25) is 5.91 Å². The summed E-state index contributed by atoms with van der Waals surface area (Å²) in [6.07, 6.45) is 2.78. The summed E-state index contributed by atoms with van der Waals surface area (Å²) in [5.74, 6) is -2.76. The van der Waals surface area contributed by atoms with Crippen LogP contribution in [0.3, 0.4) is 0 Å². The molecule has 2 rings (SSSR count). The average Bonchev–Trinajstić information content (AvgIpc) is 2.70. The van der Waals surface area contributed by atoms with Gasteiger partial charge in [-0.3, -0.25) is 9.48 Å². The molecule has 0 aliphatic carbocycles. The number of amides is 1. The smallest absolute Gasteiger partial charge is 0.251 e. The number of hydrogen-bond acceptors (Lipinski definition) is 2. The number of nitrogens with zero attached hydrogens (tertiary/aromatic N) is 3. The zero-order chi connectivity index (χ0) is 11.6. The predicted molar refractivity (Wildman–Crippen MR) is 53.0 cm³/mol. The minimum Gasteiger partial charge on any atom is -0.341 e. The molecular weight excluding hydrogens is 216 g/mol. The Morgan fingerprint density at radius 3 is 2.62 bits per heavy atom. The van der Waals surface area contributed by atoms with E-state index < -0.39 is 5.92 Å². The van der Waals surface area contributed by atoms with Gasteiger partial charge in [0.15, 0.2) is 0 Å². The minimum atomic E-state index is -2.61. The molecule has 88 valence electrons. The van der Waals surface area contributed by atoms with Gasteiger partial charge in [-0.05, 0) is 6.07 Å². The lowest BCUT2D eigenvalue weighted by Crippen LogP contribution is -2.44. The van der Waals surface area contributed by atoms with Crippen molar-refractivity contribution in [2.45, 2.75) is 25.3 Å². The van der Waals surface area contributed by atoms with E-state index in [1.54, 1.807) is 18.5 Å². The number of carbonyl (C=O) groups is 1. The van der Waals surface area contributed by atoms with Crippen LogP contribution in [-0.4, -0.2) is 39.6 Å². The van der Waals surface area contributed by atoms with Crippen molar-refractivity contribution in [3.05, 3.63) is 18.5 Å². The molecule has 1 saturated heterocycles. The topological polar surface area (TPSA) is 38.1 Å². The van der Waals surface area contributed by atoms with E-state index in [1.165, 1.54) is 9.58 Å². The van der Waals surface area contributed by atoms with Crippen LogP contribution in [0.25, 0.3) is 0 Å². The Morgan fingerprint density at radius 1 is 1.38 bits per heavy atom. The van der Waals surface area contributed by atoms with Crippen molar-refractivity contribution in [3.8, 4) is 0 Å². The van der Waals surface area contributed by atoms with Crippen LogP contribution < -0.4 is 0 Å². The highest BCUT2D eigenvalue weighted by molar-refractivity contribution is 5.76. The Hall–Kier alpha value is -1.46. The lowest BCUT2D eigenvalue weighted by atomic mass is 10.1. The van der Waals surface area contributed by atoms with Gasteiger partial charge in [0.25, 0.3) is 5.92 Å². The second-order valence-electron chi connectivity index (χ2n) is 3.94. The molecule has 1 fully saturated rings. The Labute approximate surface area is 91.8 Å². The molecule has 4 nitrogen and oxygen atoms in total. The van der Waals surface area contributed by atoms with Gasteiger partial charge < -0.3 is 4.90 Å². The Kier molecular flexibility index (Phi) is 2.89. The molecule has 1 amide bonds. The van der Waals surface area contributed by atoms with Crippen molar-refractivity contribution in [2.75, 3.05) is 13.1 Å². The van der Waals surface area contributed by atoms with Gasteiger partial charge in [-0.15, -0.1) is 0 Å². The lowest BCUT2D eigenvalue weighted by molar-refractivity contribution is -0.138. The van der Waals surface area contributed by atoms with E-state index in [2.05, 4.69) is 5.10 Å². The van der Waals surface area contributed by atoms with Crippen molar-refractivity contribution in [3.63, 3.8) is 0 Å². The molecule has 0 aromatic carbocycles. The molecular formula is C10H13F2N3O. The van der Waals surface area contributed by atoms with E-state index >= 15 is 0 Å². The molecule has 1 aromatic heterocycles. The summed E-state index contributed by atoms with van der Waals surface area (Å²) in [6.45, 7) is 0.388. The molecule has 2 heterocycles. The summed E-state index contributed by atoms with van der Waals surface area (Å²) in [7, 11) is 0. The first-order valence-corrected chi connectivity index (χ1v) is 5.20. The monoisotopic (exact) mass is 229 g/mol. The largest absolute Gasteiger partial charge is 0.341 e. The van der Waals surface area contributed by atoms with E-state index in [1.807, 2.05) is 0 Å². The van der Waals surface area contributed by atoms with Gasteiger partial charge in [0.1, 0.15) is 6.54 Å². The fraction of sp³-hybridized carbons (Fsp3) is 0.600. The highest BCUT2D eigenvalue weighted by atomic mass is 19.3. The van der Waals surface area contributed by atoms with Crippen LogP contribution in [0.5, 0.6) is 0 Å². The fourth-order valence-corrected chi connectivity index (χ4v) is 1.72. The first-order chi connectivity index (χ1) is 7.57. The summed E-state index contributed by atoms with van der Waals surface area (Å²) in [4.78, 5) is 13.2. The van der Waals surface area contributed by atoms with Crippen molar-refractivity contribution in [1.82, 2.24) is 14.7 Å². The van der Waals surface area contributed by atoms with Crippen LogP contribution in [0.15, 0.2) is 18.5 Å². The van der Waals surface area contributed by atoms with Crippen molar-refractivity contribution >= 4 is 5.91 Å². The molecule has 1 aliphatic heterocycles. The third kappa shape index (κ3) is 2.56. The van der Waals surface area contributed by atoms with Crippen LogP contribution in [0.1, 0.15) is 12.8 Å². The van der Waals surface area contributed by atoms with E-state index in [0.717, 1.165) is 0 Å². The predicted octanol–water partition coefficient (Wildman–Crippen LogP) is 1.14. The second kappa shape index (κ2) is 4.19. The highest BCUT2D eigenvalue weighted by Gasteiger charge is 2.35. The molecule has 16 heavy (non-hydrogen) atoms. The average molecular weight is 229 g/mol. The Morgan fingerprint density at radius 2 is 2.06 bits per heavy atom. The number of likely N-dealkylation sites (tertiary alicyclic amines) is 1. The van der Waals surface area contributed by atoms with Crippen LogP contribution in [0.2, 0.25) is 0 Å². The molecule has 0 N–H and O–H groups in total. The van der Waals surface area contributed by atoms with Crippen molar-refractivity contribution < 1.29 is 13.6 Å². The van der Waals surface area contributed by atoms with E-state index in [9.17, 15) is 13.6 Å². The van der Waals surface area contributed by atoms with Gasteiger partial charge >= 0.3 is 0 Å². The second-order valence-corrected chi connectivity index (χ2v) is 3.94. The van der Waals surface area contributed by atoms with Gasteiger partial charge in [0.05, 0.1) is 0 Å². The fourth-order valence-electron chi connectivity index (χ4n) is 1.72. The van der Waals surface area contributed by atoms with Crippen molar-refractivity contribution in [1.29, 1.82) is 0 Å². The number of halogens is 2. The summed E-state index contributed by atoms with van der Waals surface area (Å²) in [5.41, 5.74) is 0. The SMILES string of the molecule is O=C(Cn1cccn1)N1CCC(F)(F)CC1. The number of aromatic nitrogens is 2. The lowest BCUT2D eigenvalue weighted by Gasteiger charge is -2.31. The molecule has 1 aliphatic rings. The third-order valence-electron chi connectivity index (χ3n) is 2.70. The minimum absolute atomic E-state index is 0.124. The number of alkyl halides is 2. The zero-order valence-corrected chi connectivity index (χ0v) is 8.77. The molecule has 0 saturated carbocycles. The molecule has 0 unspecified atom stereocenters. The Balaban J connectivity index is 1.87. The van der Waals surface area contributed by atoms with E-state index in [0.29, 0.717) is 0 Å². The third-order valence-corrected chi connectivity index (χ3v) is 2.70. The summed E-state index contributed by atoms with van der Waals surface area (Å²) in [6, 6.07) is 1.72. The van der Waals surface area contributed by atoms with Crippen LogP contribution in [-0.2, 0) is 11.3 Å². The molecule has 1 aromatic rings. The number of carbonyl (C=O) groups excluding carboxylic acids is 1. The van der Waals surface area contributed by atoms with Gasteiger partial charge in [0, 0.05) is 38.3 Å². The number of rotatable bonds is 2. The standard InChI is InChI=1S/C10H13F2N3O/c11-10(12)2-6-14(7-3-10)9(16)8-15-5-1-4-13-15/h1,4-5H,2-3,6-8H2. The first-order valence-electron chi connectivity index (χ1n) is 5.20. The van der Waals surface area contributed by atoms with Gasteiger partial charge in [-0.2, -0.15) is 5.10 Å². The molecule has 0 bridgehead atoms. The first kappa shape index (κ1) is 11.0. The van der Waals surface area contributed by atoms with Gasteiger partial charge in [-0.25, -0.2) is 8.78 Å². The van der Waals surface area contributed by atoms with E-state index in [-0.39, 0.29) is 38.4 Å². The molecule has 0 radical (unpaired) electrons. The van der Waals surface area contributed by atoms with Crippen LogP contribution >= 0.6 is 0 Å². The maximum atomic E-state index is 12.9. The summed E-state index contributed by atoms with van der Waals surface area (Å²) >= 11 is 0. The maximum Gasteiger partial charge on any atom is 0.251 e.